The minimum atomic E-state index is -1.04. The Balaban J connectivity index is 3.03. The Kier molecular flexibility index (Phi) is 3.82. The molecule has 1 aromatic rings. The standard InChI is InChI=1S/C10H11BrFNO2/c1-5-2-8(12)6(3-7(5)11)9(13)4-10(14)15/h2-3,9H,4,13H2,1H3,(H,14,15). The van der Waals surface area contributed by atoms with Gasteiger partial charge in [-0.2, -0.15) is 0 Å². The number of aryl methyl sites for hydroxylation is 1. The van der Waals surface area contributed by atoms with Crippen molar-refractivity contribution in [1.29, 1.82) is 0 Å². The zero-order valence-corrected chi connectivity index (χ0v) is 9.71. The second-order valence-corrected chi connectivity index (χ2v) is 4.18. The van der Waals surface area contributed by atoms with Gasteiger partial charge in [-0.1, -0.05) is 15.9 Å². The second kappa shape index (κ2) is 4.72. The van der Waals surface area contributed by atoms with Crippen molar-refractivity contribution in [2.75, 3.05) is 0 Å². The molecule has 0 radical (unpaired) electrons. The normalized spacial score (nSPS) is 12.5. The van der Waals surface area contributed by atoms with Gasteiger partial charge in [-0.15, -0.1) is 0 Å². The fourth-order valence-corrected chi connectivity index (χ4v) is 1.60. The molecule has 0 fully saturated rings. The molecule has 5 heteroatoms. The second-order valence-electron chi connectivity index (χ2n) is 3.33. The molecule has 0 bridgehead atoms. The van der Waals surface area contributed by atoms with Crippen LogP contribution in [-0.4, -0.2) is 11.1 Å². The maximum atomic E-state index is 13.4. The molecule has 1 unspecified atom stereocenters. The average Bonchev–Trinajstić information content (AvgIpc) is 2.09. The molecule has 15 heavy (non-hydrogen) atoms. The molecule has 0 spiro atoms. The van der Waals surface area contributed by atoms with Crippen LogP contribution in [0.15, 0.2) is 16.6 Å². The maximum absolute atomic E-state index is 13.4. The van der Waals surface area contributed by atoms with E-state index in [0.717, 1.165) is 10.0 Å². The van der Waals surface area contributed by atoms with Crippen molar-refractivity contribution < 1.29 is 14.3 Å². The maximum Gasteiger partial charge on any atom is 0.305 e. The highest BCUT2D eigenvalue weighted by molar-refractivity contribution is 9.10. The van der Waals surface area contributed by atoms with Gasteiger partial charge in [-0.05, 0) is 24.6 Å². The van der Waals surface area contributed by atoms with E-state index in [1.807, 2.05) is 0 Å². The smallest absolute Gasteiger partial charge is 0.305 e. The lowest BCUT2D eigenvalue weighted by Gasteiger charge is -2.12. The number of rotatable bonds is 3. The van der Waals surface area contributed by atoms with Crippen molar-refractivity contribution in [3.8, 4) is 0 Å². The highest BCUT2D eigenvalue weighted by atomic mass is 79.9. The Labute approximate surface area is 95.2 Å². The van der Waals surface area contributed by atoms with Crippen LogP contribution in [0.4, 0.5) is 4.39 Å². The summed E-state index contributed by atoms with van der Waals surface area (Å²) >= 11 is 3.25. The molecule has 0 aromatic heterocycles. The van der Waals surface area contributed by atoms with Gasteiger partial charge < -0.3 is 10.8 Å². The van der Waals surface area contributed by atoms with Gasteiger partial charge >= 0.3 is 5.97 Å². The quantitative estimate of drug-likeness (QED) is 0.890. The van der Waals surface area contributed by atoms with Crippen LogP contribution >= 0.6 is 15.9 Å². The van der Waals surface area contributed by atoms with Gasteiger partial charge in [0.25, 0.3) is 0 Å². The molecule has 0 saturated heterocycles. The van der Waals surface area contributed by atoms with Crippen LogP contribution in [0.3, 0.4) is 0 Å². The van der Waals surface area contributed by atoms with Crippen LogP contribution in [0.1, 0.15) is 23.6 Å². The zero-order valence-electron chi connectivity index (χ0n) is 8.13. The summed E-state index contributed by atoms with van der Waals surface area (Å²) in [5, 5.41) is 8.55. The molecular formula is C10H11BrFNO2. The third kappa shape index (κ3) is 3.00. The predicted molar refractivity (Wildman–Crippen MR) is 58.0 cm³/mol. The number of benzene rings is 1. The molecule has 82 valence electrons. The third-order valence-corrected chi connectivity index (χ3v) is 2.93. The van der Waals surface area contributed by atoms with E-state index >= 15 is 0 Å². The number of hydrogen-bond donors (Lipinski definition) is 2. The van der Waals surface area contributed by atoms with Crippen molar-refractivity contribution in [2.45, 2.75) is 19.4 Å². The Hall–Kier alpha value is -0.940. The highest BCUT2D eigenvalue weighted by Crippen LogP contribution is 2.25. The van der Waals surface area contributed by atoms with Crippen LogP contribution in [0.5, 0.6) is 0 Å². The van der Waals surface area contributed by atoms with Crippen LogP contribution in [0, 0.1) is 12.7 Å². The summed E-state index contributed by atoms with van der Waals surface area (Å²) in [7, 11) is 0. The lowest BCUT2D eigenvalue weighted by atomic mass is 10.0. The molecule has 3 nitrogen and oxygen atoms in total. The third-order valence-electron chi connectivity index (χ3n) is 2.07. The first kappa shape index (κ1) is 12.1. The van der Waals surface area contributed by atoms with Crippen LogP contribution in [-0.2, 0) is 4.79 Å². The van der Waals surface area contributed by atoms with E-state index in [1.54, 1.807) is 6.92 Å². The minimum Gasteiger partial charge on any atom is -0.481 e. The molecule has 0 aliphatic heterocycles. The van der Waals surface area contributed by atoms with Gasteiger partial charge in [0.2, 0.25) is 0 Å². The Bertz CT molecular complexity index is 395. The molecule has 0 aliphatic rings. The number of halogens is 2. The van der Waals surface area contributed by atoms with E-state index in [0.29, 0.717) is 0 Å². The lowest BCUT2D eigenvalue weighted by molar-refractivity contribution is -0.137. The van der Waals surface area contributed by atoms with Gasteiger partial charge in [-0.3, -0.25) is 4.79 Å². The lowest BCUT2D eigenvalue weighted by Crippen LogP contribution is -2.16. The molecule has 0 aliphatic carbocycles. The fraction of sp³-hybridized carbons (Fsp3) is 0.300. The summed E-state index contributed by atoms with van der Waals surface area (Å²) in [6, 6.07) is 2.04. The SMILES string of the molecule is Cc1cc(F)c(C(N)CC(=O)O)cc1Br. The molecule has 0 heterocycles. The van der Waals surface area contributed by atoms with E-state index in [4.69, 9.17) is 10.8 Å². The van der Waals surface area contributed by atoms with Crippen molar-refractivity contribution in [2.24, 2.45) is 5.73 Å². The Morgan fingerprint density at radius 3 is 2.80 bits per heavy atom. The molecule has 0 saturated carbocycles. The summed E-state index contributed by atoms with van der Waals surface area (Å²) in [5.74, 6) is -1.51. The van der Waals surface area contributed by atoms with E-state index in [-0.39, 0.29) is 12.0 Å². The topological polar surface area (TPSA) is 63.3 Å². The van der Waals surface area contributed by atoms with Gasteiger partial charge in [0.1, 0.15) is 5.82 Å². The van der Waals surface area contributed by atoms with Gasteiger partial charge in [-0.25, -0.2) is 4.39 Å². The van der Waals surface area contributed by atoms with E-state index in [9.17, 15) is 9.18 Å². The first-order valence-electron chi connectivity index (χ1n) is 4.34. The number of carbonyl (C=O) groups is 1. The van der Waals surface area contributed by atoms with Crippen molar-refractivity contribution in [1.82, 2.24) is 0 Å². The molecule has 0 amide bonds. The molecule has 1 aromatic carbocycles. The fourth-order valence-electron chi connectivity index (χ4n) is 1.24. The summed E-state index contributed by atoms with van der Waals surface area (Å²) in [4.78, 5) is 10.4. The monoisotopic (exact) mass is 275 g/mol. The van der Waals surface area contributed by atoms with E-state index in [2.05, 4.69) is 15.9 Å². The summed E-state index contributed by atoms with van der Waals surface area (Å²) in [5.41, 5.74) is 6.54. The molecule has 1 rings (SSSR count). The number of carboxylic acids is 1. The first-order chi connectivity index (χ1) is 6.91. The summed E-state index contributed by atoms with van der Waals surface area (Å²) < 4.78 is 14.2. The minimum absolute atomic E-state index is 0.217. The van der Waals surface area contributed by atoms with Crippen molar-refractivity contribution >= 4 is 21.9 Å². The zero-order chi connectivity index (χ0) is 11.6. The number of aliphatic carboxylic acids is 1. The predicted octanol–water partition coefficient (Wildman–Crippen LogP) is 2.37. The van der Waals surface area contributed by atoms with Crippen LogP contribution in [0.25, 0.3) is 0 Å². The van der Waals surface area contributed by atoms with Gasteiger partial charge in [0, 0.05) is 16.1 Å². The highest BCUT2D eigenvalue weighted by Gasteiger charge is 2.16. The van der Waals surface area contributed by atoms with Gasteiger partial charge in [0.15, 0.2) is 0 Å². The average molecular weight is 276 g/mol. The van der Waals surface area contributed by atoms with Crippen molar-refractivity contribution in [3.63, 3.8) is 0 Å². The number of carboxylic acid groups (broad SMARTS) is 1. The van der Waals surface area contributed by atoms with Crippen LogP contribution < -0.4 is 5.73 Å². The van der Waals surface area contributed by atoms with Crippen LogP contribution in [0.2, 0.25) is 0 Å². The van der Waals surface area contributed by atoms with Gasteiger partial charge in [0.05, 0.1) is 6.42 Å². The molecular weight excluding hydrogens is 265 g/mol. The molecule has 1 atom stereocenters. The largest absolute Gasteiger partial charge is 0.481 e. The number of hydrogen-bond acceptors (Lipinski definition) is 2. The summed E-state index contributed by atoms with van der Waals surface area (Å²) in [6.07, 6.45) is -0.285. The first-order valence-corrected chi connectivity index (χ1v) is 5.14. The summed E-state index contributed by atoms with van der Waals surface area (Å²) in [6.45, 7) is 1.75. The Morgan fingerprint density at radius 1 is 1.67 bits per heavy atom. The van der Waals surface area contributed by atoms with E-state index in [1.165, 1.54) is 12.1 Å². The van der Waals surface area contributed by atoms with E-state index < -0.39 is 17.8 Å². The Morgan fingerprint density at radius 2 is 2.27 bits per heavy atom. The number of nitrogens with two attached hydrogens (primary N) is 1. The molecule has 3 N–H and O–H groups in total. The van der Waals surface area contributed by atoms with Crippen molar-refractivity contribution in [3.05, 3.63) is 33.5 Å².